The number of aromatic nitrogens is 2. The lowest BCUT2D eigenvalue weighted by atomic mass is 10.1. The molecule has 2 N–H and O–H groups in total. The molecular weight excluding hydrogens is 534 g/mol. The minimum absolute atomic E-state index is 0. The molecule has 2 heterocycles. The zero-order chi connectivity index (χ0) is 22.3. The van der Waals surface area contributed by atoms with Crippen molar-refractivity contribution in [3.63, 3.8) is 0 Å². The molecule has 7 nitrogen and oxygen atoms in total. The molecule has 180 valence electrons. The number of nitrogens with one attached hydrogen (secondary N) is 2. The van der Waals surface area contributed by atoms with Crippen LogP contribution >= 0.6 is 24.0 Å². The zero-order valence-corrected chi connectivity index (χ0v) is 21.5. The van der Waals surface area contributed by atoms with Crippen molar-refractivity contribution >= 4 is 35.8 Å². The van der Waals surface area contributed by atoms with Crippen molar-refractivity contribution < 1.29 is 9.18 Å². The topological polar surface area (TPSA) is 74.6 Å². The molecule has 0 spiro atoms. The number of carbonyl (C=O) groups excluding carboxylic acids is 1. The lowest BCUT2D eigenvalue weighted by molar-refractivity contribution is -0.134. The molecule has 0 bridgehead atoms. The third-order valence-electron chi connectivity index (χ3n) is 6.26. The second kappa shape index (κ2) is 12.3. The number of nitrogens with zero attached hydrogens (tertiary/aromatic N) is 4. The number of benzene rings is 1. The predicted molar refractivity (Wildman–Crippen MR) is 139 cm³/mol. The Morgan fingerprint density at radius 1 is 1.18 bits per heavy atom. The zero-order valence-electron chi connectivity index (χ0n) is 19.2. The first-order chi connectivity index (χ1) is 15.6. The lowest BCUT2D eigenvalue weighted by Crippen LogP contribution is -2.45. The Morgan fingerprint density at radius 3 is 2.67 bits per heavy atom. The van der Waals surface area contributed by atoms with Crippen LogP contribution in [0.5, 0.6) is 0 Å². The summed E-state index contributed by atoms with van der Waals surface area (Å²) in [5.74, 6) is 1.11. The number of rotatable bonds is 7. The summed E-state index contributed by atoms with van der Waals surface area (Å²) in [7, 11) is 0. The molecule has 2 aromatic rings. The highest BCUT2D eigenvalue weighted by Crippen LogP contribution is 2.27. The summed E-state index contributed by atoms with van der Waals surface area (Å²) in [6.07, 6.45) is 8.01. The number of aliphatic imine (C=N–C) groups is 1. The third-order valence-corrected chi connectivity index (χ3v) is 6.26. The number of halogens is 2. The van der Waals surface area contributed by atoms with Gasteiger partial charge in [-0.15, -0.1) is 24.0 Å². The molecule has 1 unspecified atom stereocenters. The molecule has 1 aromatic heterocycles. The maximum absolute atomic E-state index is 13.1. The summed E-state index contributed by atoms with van der Waals surface area (Å²) >= 11 is 0. The van der Waals surface area contributed by atoms with Gasteiger partial charge in [-0.25, -0.2) is 9.07 Å². The molecule has 2 fully saturated rings. The number of carbonyl (C=O) groups is 1. The SMILES string of the molecule is CCNC(=NCCc1ccn(-c2ccc(F)cc2)n1)NC1CCN(C(=O)C2CCCC2)C1.I. The van der Waals surface area contributed by atoms with Crippen LogP contribution in [0.25, 0.3) is 5.69 Å². The normalized spacial score (nSPS) is 18.9. The number of hydrogen-bond acceptors (Lipinski definition) is 3. The second-order valence-corrected chi connectivity index (χ2v) is 8.63. The van der Waals surface area contributed by atoms with E-state index in [9.17, 15) is 9.18 Å². The van der Waals surface area contributed by atoms with E-state index in [4.69, 9.17) is 4.99 Å². The van der Waals surface area contributed by atoms with Crippen molar-refractivity contribution in [3.8, 4) is 5.69 Å². The highest BCUT2D eigenvalue weighted by molar-refractivity contribution is 14.0. The molecule has 1 amide bonds. The maximum Gasteiger partial charge on any atom is 0.225 e. The van der Waals surface area contributed by atoms with Crippen molar-refractivity contribution in [3.05, 3.63) is 48.0 Å². The summed E-state index contributed by atoms with van der Waals surface area (Å²) in [5, 5.41) is 11.4. The lowest BCUT2D eigenvalue weighted by Gasteiger charge is -2.21. The van der Waals surface area contributed by atoms with E-state index in [-0.39, 0.29) is 41.8 Å². The van der Waals surface area contributed by atoms with Gasteiger partial charge in [0.25, 0.3) is 0 Å². The summed E-state index contributed by atoms with van der Waals surface area (Å²) in [5.41, 5.74) is 1.76. The highest BCUT2D eigenvalue weighted by atomic mass is 127. The largest absolute Gasteiger partial charge is 0.357 e. The van der Waals surface area contributed by atoms with Crippen LogP contribution in [0.4, 0.5) is 4.39 Å². The Hall–Kier alpha value is -2.17. The van der Waals surface area contributed by atoms with Crippen molar-refractivity contribution in [2.75, 3.05) is 26.2 Å². The summed E-state index contributed by atoms with van der Waals surface area (Å²) in [6, 6.07) is 8.47. The molecule has 1 aromatic carbocycles. The van der Waals surface area contributed by atoms with Crippen LogP contribution in [-0.2, 0) is 11.2 Å². The molecule has 1 aliphatic heterocycles. The Kier molecular flexibility index (Phi) is 9.52. The molecule has 9 heteroatoms. The van der Waals surface area contributed by atoms with Crippen LogP contribution in [-0.4, -0.2) is 58.8 Å². The van der Waals surface area contributed by atoms with Gasteiger partial charge in [0.15, 0.2) is 5.96 Å². The van der Waals surface area contributed by atoms with Crippen LogP contribution < -0.4 is 10.6 Å². The molecule has 2 aliphatic rings. The van der Waals surface area contributed by atoms with Crippen molar-refractivity contribution in [2.45, 2.75) is 51.5 Å². The van der Waals surface area contributed by atoms with Crippen LogP contribution in [0.2, 0.25) is 0 Å². The maximum atomic E-state index is 13.1. The fourth-order valence-corrected chi connectivity index (χ4v) is 4.54. The van der Waals surface area contributed by atoms with Crippen LogP contribution in [0, 0.1) is 11.7 Å². The molecular formula is C24H34FIN6O. The first-order valence-electron chi connectivity index (χ1n) is 11.8. The van der Waals surface area contributed by atoms with Gasteiger partial charge in [-0.1, -0.05) is 12.8 Å². The third kappa shape index (κ3) is 6.91. The van der Waals surface area contributed by atoms with Gasteiger partial charge in [-0.2, -0.15) is 5.10 Å². The van der Waals surface area contributed by atoms with Gasteiger partial charge in [0.2, 0.25) is 5.91 Å². The average Bonchev–Trinajstić information content (AvgIpc) is 3.56. The Labute approximate surface area is 212 Å². The minimum atomic E-state index is -0.257. The van der Waals surface area contributed by atoms with E-state index in [0.29, 0.717) is 18.9 Å². The van der Waals surface area contributed by atoms with E-state index in [0.717, 1.165) is 56.2 Å². The van der Waals surface area contributed by atoms with E-state index in [1.165, 1.54) is 25.0 Å². The fourth-order valence-electron chi connectivity index (χ4n) is 4.54. The van der Waals surface area contributed by atoms with Crippen molar-refractivity contribution in [1.29, 1.82) is 0 Å². The quantitative estimate of drug-likeness (QED) is 0.305. The van der Waals surface area contributed by atoms with E-state index >= 15 is 0 Å². The number of likely N-dealkylation sites (tertiary alicyclic amines) is 1. The van der Waals surface area contributed by atoms with Gasteiger partial charge in [0.1, 0.15) is 5.82 Å². The van der Waals surface area contributed by atoms with Gasteiger partial charge in [0.05, 0.1) is 11.4 Å². The minimum Gasteiger partial charge on any atom is -0.357 e. The predicted octanol–water partition coefficient (Wildman–Crippen LogP) is 3.52. The van der Waals surface area contributed by atoms with Gasteiger partial charge in [-0.3, -0.25) is 9.79 Å². The fraction of sp³-hybridized carbons (Fsp3) is 0.542. The van der Waals surface area contributed by atoms with E-state index in [2.05, 4.69) is 15.7 Å². The number of guanidine groups is 1. The smallest absolute Gasteiger partial charge is 0.225 e. The standard InChI is InChI=1S/C24H33FN6O.HI/c1-2-26-24(28-21-12-15-30(17-21)23(32)18-5-3-4-6-18)27-14-11-20-13-16-31(29-20)22-9-7-19(25)8-10-22;/h7-10,13,16,18,21H,2-6,11-12,14-15,17H2,1H3,(H2,26,27,28);1H. The van der Waals surface area contributed by atoms with Crippen LogP contribution in [0.1, 0.15) is 44.7 Å². The summed E-state index contributed by atoms with van der Waals surface area (Å²) in [4.78, 5) is 19.4. The van der Waals surface area contributed by atoms with Gasteiger partial charge >= 0.3 is 0 Å². The summed E-state index contributed by atoms with van der Waals surface area (Å²) in [6.45, 7) is 5.01. The second-order valence-electron chi connectivity index (χ2n) is 8.63. The first kappa shape index (κ1) is 25.5. The summed E-state index contributed by atoms with van der Waals surface area (Å²) < 4.78 is 14.9. The Morgan fingerprint density at radius 2 is 1.94 bits per heavy atom. The molecule has 1 saturated heterocycles. The van der Waals surface area contributed by atoms with Gasteiger partial charge in [0, 0.05) is 50.8 Å². The monoisotopic (exact) mass is 568 g/mol. The molecule has 1 aliphatic carbocycles. The van der Waals surface area contributed by atoms with Crippen molar-refractivity contribution in [2.24, 2.45) is 10.9 Å². The Balaban J connectivity index is 0.00000306. The number of amides is 1. The van der Waals surface area contributed by atoms with E-state index in [1.807, 2.05) is 24.1 Å². The first-order valence-corrected chi connectivity index (χ1v) is 11.8. The molecule has 33 heavy (non-hydrogen) atoms. The Bertz CT molecular complexity index is 925. The molecule has 1 atom stereocenters. The molecule has 0 radical (unpaired) electrons. The number of hydrogen-bond donors (Lipinski definition) is 2. The van der Waals surface area contributed by atoms with Gasteiger partial charge in [-0.05, 0) is 56.5 Å². The average molecular weight is 568 g/mol. The highest BCUT2D eigenvalue weighted by Gasteiger charge is 2.32. The van der Waals surface area contributed by atoms with E-state index in [1.54, 1.807) is 16.8 Å². The van der Waals surface area contributed by atoms with E-state index < -0.39 is 0 Å². The van der Waals surface area contributed by atoms with Gasteiger partial charge < -0.3 is 15.5 Å². The molecule has 4 rings (SSSR count). The molecule has 1 saturated carbocycles. The van der Waals surface area contributed by atoms with Crippen LogP contribution in [0.15, 0.2) is 41.5 Å². The van der Waals surface area contributed by atoms with Crippen molar-refractivity contribution in [1.82, 2.24) is 25.3 Å². The van der Waals surface area contributed by atoms with Crippen LogP contribution in [0.3, 0.4) is 0 Å².